The predicted molar refractivity (Wildman–Crippen MR) is 43.1 cm³/mol. The lowest BCUT2D eigenvalue weighted by atomic mass is 10.2. The number of amides is 1. The third kappa shape index (κ3) is 7.23. The number of hydrogen-bond donors (Lipinski definition) is 3. The van der Waals surface area contributed by atoms with Crippen molar-refractivity contribution >= 4 is 11.9 Å². The number of hydrogen-bond acceptors (Lipinski definition) is 4. The van der Waals surface area contributed by atoms with Gasteiger partial charge in [-0.2, -0.15) is 0 Å². The first-order chi connectivity index (χ1) is 5.95. The third-order valence-corrected chi connectivity index (χ3v) is 1.10. The van der Waals surface area contributed by atoms with Crippen molar-refractivity contribution in [2.45, 2.75) is 26.0 Å². The zero-order valence-electron chi connectivity index (χ0n) is 8.03. The van der Waals surface area contributed by atoms with Crippen LogP contribution in [0.3, 0.4) is 0 Å². The summed E-state index contributed by atoms with van der Waals surface area (Å²) < 4.78 is 0. The average Bonchev–Trinajstić information content (AvgIpc) is 2.03. The topological polar surface area (TPSA) is 117 Å². The smallest absolute Gasteiger partial charge is 0.217 e. The van der Waals surface area contributed by atoms with Crippen LogP contribution in [-0.4, -0.2) is 36.2 Å². The van der Waals surface area contributed by atoms with Gasteiger partial charge >= 0.3 is 0 Å². The van der Waals surface area contributed by atoms with E-state index < -0.39 is 24.0 Å². The molecule has 0 unspecified atom stereocenters. The number of rotatable bonds is 3. The van der Waals surface area contributed by atoms with Crippen molar-refractivity contribution in [3.05, 3.63) is 0 Å². The second kappa shape index (κ2) is 7.51. The molecule has 0 rings (SSSR count). The van der Waals surface area contributed by atoms with E-state index in [0.29, 0.717) is 0 Å². The van der Waals surface area contributed by atoms with E-state index >= 15 is 0 Å². The third-order valence-electron chi connectivity index (χ3n) is 1.10. The molecule has 5 N–H and O–H groups in total. The fourth-order valence-corrected chi connectivity index (χ4v) is 0.595. The molecule has 1 amide bonds. The number of carboxylic acid groups (broad SMARTS) is 1. The number of nitrogens with one attached hydrogen (secondary N) is 1. The average molecular weight is 192 g/mol. The zero-order chi connectivity index (χ0) is 11.0. The van der Waals surface area contributed by atoms with E-state index in [1.54, 1.807) is 7.05 Å². The van der Waals surface area contributed by atoms with Crippen molar-refractivity contribution in [3.8, 4) is 0 Å². The van der Waals surface area contributed by atoms with E-state index in [1.165, 1.54) is 6.92 Å². The molecule has 0 spiro atoms. The number of aliphatic hydroxyl groups excluding tert-OH is 1. The molecule has 6 nitrogen and oxygen atoms in total. The first-order valence-electron chi connectivity index (χ1n) is 3.82. The molecule has 78 valence electrons. The van der Waals surface area contributed by atoms with Gasteiger partial charge in [0.05, 0.1) is 25.2 Å². The van der Waals surface area contributed by atoms with Crippen LogP contribution in [-0.2, 0) is 9.59 Å². The van der Waals surface area contributed by atoms with Gasteiger partial charge in [0.1, 0.15) is 0 Å². The maximum absolute atomic E-state index is 10.3. The fraction of sp³-hybridized carbons (Fsp3) is 0.714. The molecule has 0 bridgehead atoms. The zero-order valence-corrected chi connectivity index (χ0v) is 8.03. The minimum atomic E-state index is -1.49. The van der Waals surface area contributed by atoms with E-state index in [9.17, 15) is 14.7 Å². The van der Waals surface area contributed by atoms with E-state index in [4.69, 9.17) is 5.11 Å². The quantitative estimate of drug-likeness (QED) is 0.429. The van der Waals surface area contributed by atoms with Gasteiger partial charge in [0.25, 0.3) is 0 Å². The molecule has 6 heteroatoms. The molecule has 0 aliphatic heterocycles. The summed E-state index contributed by atoms with van der Waals surface area (Å²) in [5, 5.41) is 21.0. The molecule has 0 saturated carbocycles. The number of quaternary nitrogens is 1. The largest absolute Gasteiger partial charge is 0.548 e. The lowest BCUT2D eigenvalue weighted by Gasteiger charge is -2.21. The Hall–Kier alpha value is -1.14. The Kier molecular flexibility index (Phi) is 8.31. The summed E-state index contributed by atoms with van der Waals surface area (Å²) in [7, 11) is 1.75. The van der Waals surface area contributed by atoms with Crippen LogP contribution in [0.2, 0.25) is 0 Å². The minimum absolute atomic E-state index is 0.514. The molecule has 0 aromatic rings. The Bertz CT molecular complexity index is 170. The van der Waals surface area contributed by atoms with Crippen molar-refractivity contribution in [1.82, 2.24) is 5.32 Å². The predicted octanol–water partition coefficient (Wildman–Crippen LogP) is -3.52. The monoisotopic (exact) mass is 192 g/mol. The first-order valence-corrected chi connectivity index (χ1v) is 3.82. The van der Waals surface area contributed by atoms with Crippen LogP contribution in [0.15, 0.2) is 0 Å². The Morgan fingerprint density at radius 1 is 1.46 bits per heavy atom. The standard InChI is InChI=1S/C6H11NO4.CH5N/c1-3(8)5(6(10)11)7-4(2)9;1-2/h3,5,8H,1-2H3,(H,7,9)(H,10,11);2H2,1H3/t3-,5+;/m1./s1. The van der Waals surface area contributed by atoms with Crippen molar-refractivity contribution in [1.29, 1.82) is 0 Å². The summed E-state index contributed by atoms with van der Waals surface area (Å²) in [4.78, 5) is 20.5. The van der Waals surface area contributed by atoms with Crippen LogP contribution in [0.25, 0.3) is 0 Å². The summed E-state index contributed by atoms with van der Waals surface area (Å²) in [6.45, 7) is 2.43. The second-order valence-electron chi connectivity index (χ2n) is 2.24. The number of carbonyl (C=O) groups is 2. The molecule has 0 aliphatic carbocycles. The van der Waals surface area contributed by atoms with Gasteiger partial charge in [-0.1, -0.05) is 0 Å². The van der Waals surface area contributed by atoms with E-state index in [0.717, 1.165) is 6.92 Å². The Balaban J connectivity index is 0. The maximum atomic E-state index is 10.3. The number of aliphatic hydroxyl groups is 1. The summed E-state index contributed by atoms with van der Waals surface area (Å²) in [5.41, 5.74) is 3.25. The lowest BCUT2D eigenvalue weighted by molar-refractivity contribution is -0.325. The molecule has 0 aromatic heterocycles. The van der Waals surface area contributed by atoms with Crippen LogP contribution >= 0.6 is 0 Å². The highest BCUT2D eigenvalue weighted by Gasteiger charge is 2.16. The first kappa shape index (κ1) is 14.4. The minimum Gasteiger partial charge on any atom is -0.548 e. The Morgan fingerprint density at radius 2 is 1.85 bits per heavy atom. The summed E-state index contributed by atoms with van der Waals surface area (Å²) in [5.74, 6) is -2.00. The van der Waals surface area contributed by atoms with Gasteiger partial charge in [0.2, 0.25) is 5.91 Å². The van der Waals surface area contributed by atoms with Crippen LogP contribution in [0.4, 0.5) is 0 Å². The summed E-state index contributed by atoms with van der Waals surface area (Å²) in [6.07, 6.45) is -1.15. The molecular weight excluding hydrogens is 176 g/mol. The highest BCUT2D eigenvalue weighted by Crippen LogP contribution is 1.90. The second-order valence-corrected chi connectivity index (χ2v) is 2.24. The SMILES string of the molecule is CC(=O)N[C@H](C(=O)[O-])[C@@H](C)O.C[NH3+]. The van der Waals surface area contributed by atoms with Crippen LogP contribution in [0.1, 0.15) is 13.8 Å². The van der Waals surface area contributed by atoms with E-state index in [-0.39, 0.29) is 0 Å². The van der Waals surface area contributed by atoms with E-state index in [1.807, 2.05) is 5.32 Å². The number of aliphatic carboxylic acids is 1. The highest BCUT2D eigenvalue weighted by molar-refractivity contribution is 5.81. The van der Waals surface area contributed by atoms with Gasteiger partial charge in [-0.25, -0.2) is 0 Å². The van der Waals surface area contributed by atoms with E-state index in [2.05, 4.69) is 5.73 Å². The van der Waals surface area contributed by atoms with Crippen LogP contribution in [0.5, 0.6) is 0 Å². The fourth-order valence-electron chi connectivity index (χ4n) is 0.595. The molecule has 2 atom stereocenters. The van der Waals surface area contributed by atoms with Gasteiger partial charge in [-0.15, -0.1) is 0 Å². The van der Waals surface area contributed by atoms with Crippen LogP contribution in [0, 0.1) is 0 Å². The normalized spacial score (nSPS) is 13.3. The molecule has 0 radical (unpaired) electrons. The number of carbonyl (C=O) groups excluding carboxylic acids is 2. The molecule has 0 aromatic carbocycles. The lowest BCUT2D eigenvalue weighted by Crippen LogP contribution is -2.52. The summed E-state index contributed by atoms with van der Waals surface area (Å²) in [6, 6.07) is -1.33. The van der Waals surface area contributed by atoms with Crippen molar-refractivity contribution < 1.29 is 25.5 Å². The Morgan fingerprint density at radius 3 is 1.92 bits per heavy atom. The molecule has 0 fully saturated rings. The highest BCUT2D eigenvalue weighted by atomic mass is 16.4. The number of carboxylic acids is 1. The molecule has 0 aliphatic rings. The van der Waals surface area contributed by atoms with Gasteiger partial charge in [0, 0.05) is 6.92 Å². The van der Waals surface area contributed by atoms with Crippen molar-refractivity contribution in [2.24, 2.45) is 0 Å². The maximum Gasteiger partial charge on any atom is 0.217 e. The molecule has 13 heavy (non-hydrogen) atoms. The van der Waals surface area contributed by atoms with Gasteiger partial charge in [0.15, 0.2) is 0 Å². The van der Waals surface area contributed by atoms with Crippen molar-refractivity contribution in [3.63, 3.8) is 0 Å². The van der Waals surface area contributed by atoms with Gasteiger partial charge in [-0.05, 0) is 6.92 Å². The Labute approximate surface area is 76.7 Å². The molecular formula is C7H16N2O4. The molecule has 0 saturated heterocycles. The van der Waals surface area contributed by atoms with Crippen LogP contribution < -0.4 is 16.2 Å². The van der Waals surface area contributed by atoms with Crippen molar-refractivity contribution in [2.75, 3.05) is 7.05 Å². The summed E-state index contributed by atoms with van der Waals surface area (Å²) >= 11 is 0. The van der Waals surface area contributed by atoms with Gasteiger partial charge in [-0.3, -0.25) is 4.79 Å². The van der Waals surface area contributed by atoms with Gasteiger partial charge < -0.3 is 26.1 Å². The molecule has 0 heterocycles.